The first-order chi connectivity index (χ1) is 26.2. The Bertz CT molecular complexity index is 930. The van der Waals surface area contributed by atoms with Gasteiger partial charge in [0.25, 0.3) is 0 Å². The third kappa shape index (κ3) is 40.8. The Balaban J connectivity index is 3.58. The van der Waals surface area contributed by atoms with E-state index in [1.165, 1.54) is 135 Å². The lowest BCUT2D eigenvalue weighted by molar-refractivity contribution is -0.123. The topological polar surface area (TPSA) is 69.6 Å². The van der Waals surface area contributed by atoms with E-state index in [0.29, 0.717) is 6.42 Å². The van der Waals surface area contributed by atoms with Gasteiger partial charge in [-0.05, 0) is 64.2 Å². The maximum atomic E-state index is 12.4. The molecule has 4 nitrogen and oxygen atoms in total. The van der Waals surface area contributed by atoms with Crippen molar-refractivity contribution >= 4 is 5.91 Å². The maximum absolute atomic E-state index is 12.4. The zero-order valence-electron chi connectivity index (χ0n) is 35.0. The van der Waals surface area contributed by atoms with Crippen LogP contribution in [0.25, 0.3) is 0 Å². The van der Waals surface area contributed by atoms with Crippen LogP contribution in [0.1, 0.15) is 213 Å². The van der Waals surface area contributed by atoms with Crippen LogP contribution in [0.4, 0.5) is 0 Å². The molecule has 0 saturated heterocycles. The molecule has 0 heterocycles. The second-order valence-electron chi connectivity index (χ2n) is 15.1. The first-order valence-electron chi connectivity index (χ1n) is 22.7. The molecule has 0 radical (unpaired) electrons. The number of hydrogen-bond acceptors (Lipinski definition) is 3. The number of carbonyl (C=O) groups excluding carboxylic acids is 1. The first kappa shape index (κ1) is 50.8. The van der Waals surface area contributed by atoms with Gasteiger partial charge < -0.3 is 15.5 Å². The normalized spacial score (nSPS) is 13.7. The fraction of sp³-hybridized carbons (Fsp3) is 0.735. The van der Waals surface area contributed by atoms with Gasteiger partial charge in [0.2, 0.25) is 5.91 Å². The molecule has 0 fully saturated rings. The van der Waals surface area contributed by atoms with Gasteiger partial charge in [0.15, 0.2) is 0 Å². The number of nitrogens with one attached hydrogen (secondary N) is 1. The number of amides is 1. The van der Waals surface area contributed by atoms with Crippen molar-refractivity contribution in [3.63, 3.8) is 0 Å². The van der Waals surface area contributed by atoms with Gasteiger partial charge in [-0.3, -0.25) is 4.79 Å². The molecule has 4 heteroatoms. The van der Waals surface area contributed by atoms with Crippen LogP contribution in [0.15, 0.2) is 72.9 Å². The predicted molar refractivity (Wildman–Crippen MR) is 234 cm³/mol. The molecule has 0 saturated carbocycles. The molecule has 0 rings (SSSR count). The fourth-order valence-corrected chi connectivity index (χ4v) is 6.50. The van der Waals surface area contributed by atoms with Gasteiger partial charge in [-0.2, -0.15) is 0 Å². The maximum Gasteiger partial charge on any atom is 0.220 e. The number of unbranched alkanes of at least 4 members (excludes halogenated alkanes) is 23. The molecule has 1 amide bonds. The lowest BCUT2D eigenvalue weighted by atomic mass is 10.0. The van der Waals surface area contributed by atoms with Crippen LogP contribution in [0, 0.1) is 0 Å². The molecular weight excluding hydrogens is 651 g/mol. The summed E-state index contributed by atoms with van der Waals surface area (Å²) in [5.41, 5.74) is 0. The first-order valence-corrected chi connectivity index (χ1v) is 22.7. The van der Waals surface area contributed by atoms with Gasteiger partial charge >= 0.3 is 0 Å². The quantitative estimate of drug-likeness (QED) is 0.0433. The van der Waals surface area contributed by atoms with E-state index in [9.17, 15) is 15.0 Å². The summed E-state index contributed by atoms with van der Waals surface area (Å²) in [6.45, 7) is 4.19. The van der Waals surface area contributed by atoms with E-state index in [1.807, 2.05) is 6.08 Å². The summed E-state index contributed by atoms with van der Waals surface area (Å²) in [6, 6.07) is -0.626. The molecule has 0 aliphatic heterocycles. The number of hydrogen-bond donors (Lipinski definition) is 3. The van der Waals surface area contributed by atoms with E-state index in [4.69, 9.17) is 0 Å². The second-order valence-corrected chi connectivity index (χ2v) is 15.1. The van der Waals surface area contributed by atoms with Crippen molar-refractivity contribution < 1.29 is 15.0 Å². The molecule has 0 aliphatic rings. The van der Waals surface area contributed by atoms with Crippen molar-refractivity contribution in [1.29, 1.82) is 0 Å². The van der Waals surface area contributed by atoms with Crippen LogP contribution in [0.2, 0.25) is 0 Å². The molecule has 0 spiro atoms. The van der Waals surface area contributed by atoms with Gasteiger partial charge in [0.1, 0.15) is 0 Å². The monoisotopic (exact) mass is 738 g/mol. The summed E-state index contributed by atoms with van der Waals surface area (Å²) in [4.78, 5) is 12.4. The number of carbonyl (C=O) groups is 1. The van der Waals surface area contributed by atoms with Crippen molar-refractivity contribution in [2.24, 2.45) is 0 Å². The highest BCUT2D eigenvalue weighted by Crippen LogP contribution is 2.14. The highest BCUT2D eigenvalue weighted by molar-refractivity contribution is 5.76. The van der Waals surface area contributed by atoms with E-state index in [0.717, 1.165) is 57.8 Å². The van der Waals surface area contributed by atoms with Gasteiger partial charge in [-0.1, -0.05) is 215 Å². The lowest BCUT2D eigenvalue weighted by Gasteiger charge is -2.20. The summed E-state index contributed by atoms with van der Waals surface area (Å²) in [7, 11) is 0. The minimum atomic E-state index is -0.842. The largest absolute Gasteiger partial charge is 0.394 e. The van der Waals surface area contributed by atoms with Crippen LogP contribution >= 0.6 is 0 Å². The molecule has 0 aromatic rings. The molecule has 53 heavy (non-hydrogen) atoms. The Morgan fingerprint density at radius 2 is 0.830 bits per heavy atom. The second kappa shape index (κ2) is 44.2. The van der Waals surface area contributed by atoms with Crippen LogP contribution in [-0.4, -0.2) is 34.9 Å². The highest BCUT2D eigenvalue weighted by atomic mass is 16.3. The summed E-state index contributed by atoms with van der Waals surface area (Å²) in [6.07, 6.45) is 62.9. The van der Waals surface area contributed by atoms with Gasteiger partial charge in [-0.25, -0.2) is 0 Å². The molecule has 2 unspecified atom stereocenters. The number of aliphatic hydroxyl groups excluding tert-OH is 2. The number of allylic oxidation sites excluding steroid dienone is 11. The van der Waals surface area contributed by atoms with Gasteiger partial charge in [0.05, 0.1) is 18.8 Å². The van der Waals surface area contributed by atoms with Crippen molar-refractivity contribution in [2.45, 2.75) is 225 Å². The molecular formula is C49H87NO3. The van der Waals surface area contributed by atoms with Gasteiger partial charge in [0, 0.05) is 6.42 Å². The third-order valence-electron chi connectivity index (χ3n) is 9.95. The summed E-state index contributed by atoms with van der Waals surface area (Å²) in [5, 5.41) is 23.0. The van der Waals surface area contributed by atoms with Crippen LogP contribution in [-0.2, 0) is 4.79 Å². The van der Waals surface area contributed by atoms with E-state index >= 15 is 0 Å². The molecule has 0 aliphatic carbocycles. The van der Waals surface area contributed by atoms with Crippen molar-refractivity contribution in [1.82, 2.24) is 5.32 Å². The van der Waals surface area contributed by atoms with Crippen LogP contribution in [0.5, 0.6) is 0 Å². The van der Waals surface area contributed by atoms with E-state index in [1.54, 1.807) is 6.08 Å². The average Bonchev–Trinajstić information content (AvgIpc) is 3.16. The summed E-state index contributed by atoms with van der Waals surface area (Å²) in [5.74, 6) is -0.0706. The Morgan fingerprint density at radius 1 is 0.472 bits per heavy atom. The minimum absolute atomic E-state index is 0.0706. The van der Waals surface area contributed by atoms with E-state index in [-0.39, 0.29) is 12.5 Å². The number of rotatable bonds is 40. The Morgan fingerprint density at radius 3 is 1.25 bits per heavy atom. The number of aliphatic hydroxyl groups is 2. The fourth-order valence-electron chi connectivity index (χ4n) is 6.50. The van der Waals surface area contributed by atoms with E-state index < -0.39 is 12.1 Å². The van der Waals surface area contributed by atoms with E-state index in [2.05, 4.69) is 79.9 Å². The Labute approximate surface area is 329 Å². The highest BCUT2D eigenvalue weighted by Gasteiger charge is 2.17. The summed E-state index contributed by atoms with van der Waals surface area (Å²) >= 11 is 0. The smallest absolute Gasteiger partial charge is 0.220 e. The van der Waals surface area contributed by atoms with Crippen LogP contribution in [0.3, 0.4) is 0 Å². The molecule has 0 aromatic carbocycles. The summed E-state index contributed by atoms with van der Waals surface area (Å²) < 4.78 is 0. The molecule has 306 valence electrons. The zero-order chi connectivity index (χ0) is 38.6. The van der Waals surface area contributed by atoms with Crippen molar-refractivity contribution in [3.8, 4) is 0 Å². The molecule has 2 atom stereocenters. The lowest BCUT2D eigenvalue weighted by Crippen LogP contribution is -2.45. The Kier molecular flexibility index (Phi) is 42.4. The molecule has 3 N–H and O–H groups in total. The standard InChI is InChI=1S/C49H87NO3/c1-3-5-7-9-11-13-15-17-19-20-21-22-23-24-25-26-27-28-29-30-31-33-35-37-39-41-43-45-49(53)50-47(46-51)48(52)44-42-40-38-36-34-32-18-16-14-12-10-8-6-4-2/h5,7,11,13,17,19,21-22,24-25,42,44,47-48,51-52H,3-4,6,8-10,12,14-16,18,20,23,26-41,43,45-46H2,1-2H3,(H,50,53)/b7-5-,13-11-,19-17-,22-21-,25-24-,44-42+. The Hall–Kier alpha value is -2.17. The zero-order valence-corrected chi connectivity index (χ0v) is 35.0. The molecule has 0 aromatic heterocycles. The van der Waals surface area contributed by atoms with Crippen molar-refractivity contribution in [2.75, 3.05) is 6.61 Å². The van der Waals surface area contributed by atoms with Crippen LogP contribution < -0.4 is 5.32 Å². The van der Waals surface area contributed by atoms with Gasteiger partial charge in [-0.15, -0.1) is 0 Å². The minimum Gasteiger partial charge on any atom is -0.394 e. The third-order valence-corrected chi connectivity index (χ3v) is 9.95. The predicted octanol–water partition coefficient (Wildman–Crippen LogP) is 14.3. The van der Waals surface area contributed by atoms with Crippen molar-refractivity contribution in [3.05, 3.63) is 72.9 Å². The molecule has 0 bridgehead atoms. The SMILES string of the molecule is CC/C=C\C/C=C\C/C=C\C/C=C\C/C=C\CCCCCCCCCCCCCC(=O)NC(CO)C(O)/C=C/CCCCCCCCCCCCCC. The average molecular weight is 738 g/mol.